The second-order valence-corrected chi connectivity index (χ2v) is 4.46. The highest BCUT2D eigenvalue weighted by Crippen LogP contribution is 2.19. The molecule has 0 aromatic carbocycles. The lowest BCUT2D eigenvalue weighted by Crippen LogP contribution is -2.45. The van der Waals surface area contributed by atoms with E-state index in [9.17, 15) is 0 Å². The monoisotopic (exact) mass is 208 g/mol. The minimum atomic E-state index is 0.658. The van der Waals surface area contributed by atoms with Crippen LogP contribution in [0.15, 0.2) is 23.0 Å². The van der Waals surface area contributed by atoms with Gasteiger partial charge in [0.25, 0.3) is 0 Å². The van der Waals surface area contributed by atoms with Gasteiger partial charge in [-0.05, 0) is 32.9 Å². The van der Waals surface area contributed by atoms with Crippen LogP contribution in [0.4, 0.5) is 0 Å². The first-order valence-corrected chi connectivity index (χ1v) is 5.72. The zero-order chi connectivity index (χ0) is 10.7. The first kappa shape index (κ1) is 10.7. The molecule has 1 aromatic heterocycles. The Kier molecular flexibility index (Phi) is 3.44. The molecule has 1 aliphatic heterocycles. The number of hydrogen-bond donors (Lipinski definition) is 1. The third-order valence-electron chi connectivity index (χ3n) is 3.39. The molecule has 0 amide bonds. The van der Waals surface area contributed by atoms with Crippen LogP contribution in [-0.4, -0.2) is 30.6 Å². The summed E-state index contributed by atoms with van der Waals surface area (Å²) in [4.78, 5) is 2.53. The lowest BCUT2D eigenvalue weighted by atomic mass is 9.98. The summed E-state index contributed by atoms with van der Waals surface area (Å²) in [6, 6.07) is 3.41. The molecule has 0 aliphatic carbocycles. The van der Waals surface area contributed by atoms with Crippen molar-refractivity contribution in [1.29, 1.82) is 0 Å². The molecule has 0 saturated carbocycles. The Hall–Kier alpha value is -0.800. The molecule has 1 N–H and O–H groups in total. The zero-order valence-electron chi connectivity index (χ0n) is 9.57. The van der Waals surface area contributed by atoms with Gasteiger partial charge < -0.3 is 9.73 Å². The van der Waals surface area contributed by atoms with Crippen LogP contribution < -0.4 is 5.32 Å². The van der Waals surface area contributed by atoms with Crippen LogP contribution in [0.5, 0.6) is 0 Å². The van der Waals surface area contributed by atoms with E-state index in [-0.39, 0.29) is 0 Å². The summed E-state index contributed by atoms with van der Waals surface area (Å²) in [6.45, 7) is 4.51. The highest BCUT2D eigenvalue weighted by molar-refractivity contribution is 5.05. The van der Waals surface area contributed by atoms with Gasteiger partial charge in [-0.3, -0.25) is 4.90 Å². The maximum atomic E-state index is 5.09. The van der Waals surface area contributed by atoms with Crippen molar-refractivity contribution >= 4 is 0 Å². The van der Waals surface area contributed by atoms with Crippen LogP contribution in [0.2, 0.25) is 0 Å². The highest BCUT2D eigenvalue weighted by Gasteiger charge is 2.24. The van der Waals surface area contributed by atoms with Crippen molar-refractivity contribution in [2.75, 3.05) is 13.6 Å². The fourth-order valence-corrected chi connectivity index (χ4v) is 2.33. The molecular formula is C12H20N2O. The lowest BCUT2D eigenvalue weighted by molar-refractivity contribution is 0.131. The molecule has 2 heterocycles. The van der Waals surface area contributed by atoms with E-state index in [4.69, 9.17) is 4.42 Å². The molecule has 1 saturated heterocycles. The van der Waals surface area contributed by atoms with Crippen LogP contribution in [0, 0.1) is 0 Å². The molecular weight excluding hydrogens is 188 g/mol. The SMILES string of the molecule is CNC1CCN(Cc2ccoc2)C(C)C1. The number of piperidine rings is 1. The van der Waals surface area contributed by atoms with E-state index in [2.05, 4.69) is 30.3 Å². The van der Waals surface area contributed by atoms with Gasteiger partial charge in [-0.1, -0.05) is 0 Å². The summed E-state index contributed by atoms with van der Waals surface area (Å²) >= 11 is 0. The number of hydrogen-bond acceptors (Lipinski definition) is 3. The molecule has 0 radical (unpaired) electrons. The van der Waals surface area contributed by atoms with Crippen molar-refractivity contribution in [1.82, 2.24) is 10.2 Å². The summed E-state index contributed by atoms with van der Waals surface area (Å²) in [6.07, 6.45) is 6.09. The van der Waals surface area contributed by atoms with Gasteiger partial charge >= 0.3 is 0 Å². The normalized spacial score (nSPS) is 28.1. The van der Waals surface area contributed by atoms with Crippen molar-refractivity contribution in [2.24, 2.45) is 0 Å². The number of likely N-dealkylation sites (tertiary alicyclic amines) is 1. The Morgan fingerprint density at radius 1 is 1.60 bits per heavy atom. The number of nitrogens with zero attached hydrogens (tertiary/aromatic N) is 1. The number of nitrogens with one attached hydrogen (secondary N) is 1. The molecule has 3 nitrogen and oxygen atoms in total. The topological polar surface area (TPSA) is 28.4 Å². The summed E-state index contributed by atoms with van der Waals surface area (Å²) in [7, 11) is 2.06. The van der Waals surface area contributed by atoms with Crippen molar-refractivity contribution < 1.29 is 4.42 Å². The van der Waals surface area contributed by atoms with E-state index in [1.54, 1.807) is 6.26 Å². The molecule has 15 heavy (non-hydrogen) atoms. The first-order valence-electron chi connectivity index (χ1n) is 5.72. The van der Waals surface area contributed by atoms with Gasteiger partial charge in [0.05, 0.1) is 12.5 Å². The summed E-state index contributed by atoms with van der Waals surface area (Å²) in [5.41, 5.74) is 1.28. The van der Waals surface area contributed by atoms with Gasteiger partial charge in [0.1, 0.15) is 0 Å². The predicted molar refractivity (Wildman–Crippen MR) is 60.7 cm³/mol. The lowest BCUT2D eigenvalue weighted by Gasteiger charge is -2.37. The molecule has 84 valence electrons. The van der Waals surface area contributed by atoms with Crippen LogP contribution in [0.1, 0.15) is 25.3 Å². The van der Waals surface area contributed by atoms with E-state index in [1.807, 2.05) is 6.26 Å². The average molecular weight is 208 g/mol. The molecule has 2 atom stereocenters. The van der Waals surface area contributed by atoms with Gasteiger partial charge in [0.2, 0.25) is 0 Å². The minimum absolute atomic E-state index is 0.658. The number of furan rings is 1. The van der Waals surface area contributed by atoms with Crippen LogP contribution in [0.3, 0.4) is 0 Å². The Morgan fingerprint density at radius 2 is 2.47 bits per heavy atom. The van der Waals surface area contributed by atoms with Crippen LogP contribution >= 0.6 is 0 Å². The van der Waals surface area contributed by atoms with Crippen molar-refractivity contribution in [3.8, 4) is 0 Å². The zero-order valence-corrected chi connectivity index (χ0v) is 9.57. The van der Waals surface area contributed by atoms with Crippen LogP contribution in [-0.2, 0) is 6.54 Å². The van der Waals surface area contributed by atoms with Gasteiger partial charge in [-0.15, -0.1) is 0 Å². The summed E-state index contributed by atoms with van der Waals surface area (Å²) in [5, 5.41) is 3.37. The van der Waals surface area contributed by atoms with E-state index in [0.29, 0.717) is 12.1 Å². The third kappa shape index (κ3) is 2.61. The van der Waals surface area contributed by atoms with Gasteiger partial charge in [-0.25, -0.2) is 0 Å². The fourth-order valence-electron chi connectivity index (χ4n) is 2.33. The van der Waals surface area contributed by atoms with Gasteiger partial charge in [0.15, 0.2) is 0 Å². The molecule has 3 heteroatoms. The number of rotatable bonds is 3. The van der Waals surface area contributed by atoms with Crippen molar-refractivity contribution in [3.05, 3.63) is 24.2 Å². The molecule has 2 rings (SSSR count). The van der Waals surface area contributed by atoms with Crippen LogP contribution in [0.25, 0.3) is 0 Å². The van der Waals surface area contributed by atoms with E-state index < -0.39 is 0 Å². The maximum absolute atomic E-state index is 5.09. The van der Waals surface area contributed by atoms with E-state index in [0.717, 1.165) is 6.54 Å². The average Bonchev–Trinajstić information content (AvgIpc) is 2.74. The molecule has 1 aliphatic rings. The summed E-state index contributed by atoms with van der Waals surface area (Å²) < 4.78 is 5.09. The Labute approximate surface area is 91.4 Å². The summed E-state index contributed by atoms with van der Waals surface area (Å²) in [5.74, 6) is 0. The second-order valence-electron chi connectivity index (χ2n) is 4.46. The first-order chi connectivity index (χ1) is 7.29. The van der Waals surface area contributed by atoms with Crippen molar-refractivity contribution in [3.63, 3.8) is 0 Å². The largest absolute Gasteiger partial charge is 0.472 e. The second kappa shape index (κ2) is 4.81. The third-order valence-corrected chi connectivity index (χ3v) is 3.39. The molecule has 0 spiro atoms. The van der Waals surface area contributed by atoms with Gasteiger partial charge in [0, 0.05) is 30.7 Å². The van der Waals surface area contributed by atoms with E-state index in [1.165, 1.54) is 24.9 Å². The Bertz CT molecular complexity index is 284. The molecule has 1 aromatic rings. The minimum Gasteiger partial charge on any atom is -0.472 e. The predicted octanol–water partition coefficient (Wildman–Crippen LogP) is 1.85. The maximum Gasteiger partial charge on any atom is 0.0947 e. The molecule has 2 unspecified atom stereocenters. The molecule has 1 fully saturated rings. The quantitative estimate of drug-likeness (QED) is 0.821. The Morgan fingerprint density at radius 3 is 3.07 bits per heavy atom. The smallest absolute Gasteiger partial charge is 0.0947 e. The Balaban J connectivity index is 1.89. The van der Waals surface area contributed by atoms with Crippen molar-refractivity contribution in [2.45, 2.75) is 38.4 Å². The van der Waals surface area contributed by atoms with E-state index >= 15 is 0 Å². The standard InChI is InChI=1S/C12H20N2O/c1-10-7-12(13-2)3-5-14(10)8-11-4-6-15-9-11/h4,6,9-10,12-13H,3,5,7-8H2,1-2H3. The van der Waals surface area contributed by atoms with Gasteiger partial charge in [-0.2, -0.15) is 0 Å². The fraction of sp³-hybridized carbons (Fsp3) is 0.667. The molecule has 0 bridgehead atoms. The highest BCUT2D eigenvalue weighted by atomic mass is 16.3.